The third kappa shape index (κ3) is 5.71. The summed E-state index contributed by atoms with van der Waals surface area (Å²) in [5, 5.41) is 3.09. The molecule has 2 heterocycles. The smallest absolute Gasteiger partial charge is 0.191 e. The van der Waals surface area contributed by atoms with E-state index in [0.29, 0.717) is 12.5 Å². The molecule has 2 aromatic rings. The Balaban J connectivity index is 0.00000280. The molecule has 1 aromatic carbocycles. The van der Waals surface area contributed by atoms with Gasteiger partial charge in [0.25, 0.3) is 0 Å². The highest BCUT2D eigenvalue weighted by Gasteiger charge is 2.20. The lowest BCUT2D eigenvalue weighted by molar-refractivity contribution is 0.304. The number of methoxy groups -OCH3 is 1. The van der Waals surface area contributed by atoms with E-state index >= 15 is 0 Å². The topological polar surface area (TPSA) is 70.2 Å². The number of piperazine rings is 1. The zero-order valence-electron chi connectivity index (χ0n) is 16.6. The predicted molar refractivity (Wildman–Crippen MR) is 127 cm³/mol. The summed E-state index contributed by atoms with van der Waals surface area (Å²) in [5.74, 6) is 1.48. The average molecular weight is 516 g/mol. The van der Waals surface area contributed by atoms with Crippen molar-refractivity contribution in [2.75, 3.05) is 58.8 Å². The number of anilines is 1. The molecule has 0 saturated carbocycles. The van der Waals surface area contributed by atoms with Crippen LogP contribution in [-0.2, 0) is 0 Å². The molecule has 1 saturated heterocycles. The molecule has 3 rings (SSSR count). The number of likely N-dealkylation sites (N-methyl/N-ethyl adjacent to an activating group) is 1. The van der Waals surface area contributed by atoms with Crippen LogP contribution in [-0.4, -0.2) is 74.7 Å². The van der Waals surface area contributed by atoms with Crippen molar-refractivity contribution in [3.63, 3.8) is 0 Å². The first-order valence-electron chi connectivity index (χ1n) is 9.08. The van der Waals surface area contributed by atoms with Crippen molar-refractivity contribution in [2.24, 2.45) is 10.7 Å². The number of rotatable bonds is 6. The molecule has 0 radical (unpaired) electrons. The monoisotopic (exact) mass is 516 g/mol. The van der Waals surface area contributed by atoms with Gasteiger partial charge in [0.05, 0.1) is 19.7 Å². The summed E-state index contributed by atoms with van der Waals surface area (Å²) in [6, 6.07) is 8.31. The predicted octanol–water partition coefficient (Wildman–Crippen LogP) is 2.51. The number of ether oxygens (including phenoxy) is 1. The van der Waals surface area contributed by atoms with E-state index in [2.05, 4.69) is 45.9 Å². The van der Waals surface area contributed by atoms with E-state index in [4.69, 9.17) is 15.5 Å². The molecule has 1 unspecified atom stereocenters. The van der Waals surface area contributed by atoms with E-state index in [9.17, 15) is 0 Å². The molecular weight excluding hydrogens is 487 g/mol. The van der Waals surface area contributed by atoms with Crippen molar-refractivity contribution >= 4 is 46.4 Å². The number of benzene rings is 1. The minimum Gasteiger partial charge on any atom is -0.497 e. The molecule has 9 heteroatoms. The molecule has 1 fully saturated rings. The highest BCUT2D eigenvalue weighted by atomic mass is 127. The van der Waals surface area contributed by atoms with Gasteiger partial charge in [-0.25, -0.2) is 4.98 Å². The summed E-state index contributed by atoms with van der Waals surface area (Å²) in [6.45, 7) is 4.19. The van der Waals surface area contributed by atoms with Gasteiger partial charge in [0.2, 0.25) is 0 Å². The Morgan fingerprint density at radius 1 is 1.25 bits per heavy atom. The standard InChI is InChI=1S/C19H28N6OS.HI/c1-23(2)17(15-4-6-16(26-3)7-5-15)14-22-18(20)24-9-11-25(12-10-24)19-21-8-13-27-19;/h4-8,13,17H,9-12,14H2,1-3H3,(H2,20,22);1H. The van der Waals surface area contributed by atoms with Crippen LogP contribution in [0.15, 0.2) is 40.8 Å². The quantitative estimate of drug-likeness (QED) is 0.362. The minimum atomic E-state index is 0. The fourth-order valence-corrected chi connectivity index (χ4v) is 3.87. The number of hydrogen-bond donors (Lipinski definition) is 1. The van der Waals surface area contributed by atoms with Crippen molar-refractivity contribution in [3.05, 3.63) is 41.4 Å². The van der Waals surface area contributed by atoms with Crippen LogP contribution in [0.3, 0.4) is 0 Å². The molecule has 28 heavy (non-hydrogen) atoms. The summed E-state index contributed by atoms with van der Waals surface area (Å²) in [5.41, 5.74) is 7.49. The van der Waals surface area contributed by atoms with E-state index in [1.807, 2.05) is 23.7 Å². The molecule has 1 aliphatic heterocycles. The second-order valence-corrected chi connectivity index (χ2v) is 7.61. The van der Waals surface area contributed by atoms with Gasteiger partial charge < -0.3 is 25.2 Å². The normalized spacial score (nSPS) is 16.1. The SMILES string of the molecule is COc1ccc(C(CN=C(N)N2CCN(c3nccs3)CC2)N(C)C)cc1.I. The van der Waals surface area contributed by atoms with Crippen LogP contribution >= 0.6 is 35.3 Å². The van der Waals surface area contributed by atoms with Crippen molar-refractivity contribution < 1.29 is 4.74 Å². The largest absolute Gasteiger partial charge is 0.497 e. The van der Waals surface area contributed by atoms with Gasteiger partial charge in [-0.2, -0.15) is 0 Å². The Morgan fingerprint density at radius 2 is 1.93 bits per heavy atom. The molecule has 1 aliphatic rings. The molecule has 0 amide bonds. The number of guanidine groups is 1. The Labute approximate surface area is 188 Å². The van der Waals surface area contributed by atoms with Gasteiger partial charge in [0.1, 0.15) is 5.75 Å². The molecule has 7 nitrogen and oxygen atoms in total. The highest BCUT2D eigenvalue weighted by molar-refractivity contribution is 14.0. The first-order valence-corrected chi connectivity index (χ1v) is 9.96. The number of nitrogens with two attached hydrogens (primary N) is 1. The maximum atomic E-state index is 6.29. The summed E-state index contributed by atoms with van der Waals surface area (Å²) >= 11 is 1.68. The fourth-order valence-electron chi connectivity index (χ4n) is 3.17. The van der Waals surface area contributed by atoms with E-state index in [0.717, 1.165) is 37.1 Å². The van der Waals surface area contributed by atoms with Gasteiger partial charge in [0, 0.05) is 37.8 Å². The van der Waals surface area contributed by atoms with Crippen LogP contribution < -0.4 is 15.4 Å². The number of hydrogen-bond acceptors (Lipinski definition) is 6. The number of aliphatic imine (C=N–C) groups is 1. The van der Waals surface area contributed by atoms with Gasteiger partial charge in [-0.15, -0.1) is 35.3 Å². The number of aromatic nitrogens is 1. The molecular formula is C19H29IN6OS. The molecule has 1 aromatic heterocycles. The third-order valence-corrected chi connectivity index (χ3v) is 5.68. The zero-order valence-corrected chi connectivity index (χ0v) is 19.8. The lowest BCUT2D eigenvalue weighted by atomic mass is 10.1. The fraction of sp³-hybridized carbons (Fsp3) is 0.474. The van der Waals surface area contributed by atoms with Crippen molar-refractivity contribution in [1.29, 1.82) is 0 Å². The average Bonchev–Trinajstić information content (AvgIpc) is 3.23. The molecule has 1 atom stereocenters. The van der Waals surface area contributed by atoms with E-state index in [1.165, 1.54) is 5.56 Å². The minimum absolute atomic E-state index is 0. The maximum absolute atomic E-state index is 6.29. The summed E-state index contributed by atoms with van der Waals surface area (Å²) in [6.07, 6.45) is 1.85. The van der Waals surface area contributed by atoms with Crippen molar-refractivity contribution in [1.82, 2.24) is 14.8 Å². The van der Waals surface area contributed by atoms with Gasteiger partial charge in [-0.1, -0.05) is 12.1 Å². The summed E-state index contributed by atoms with van der Waals surface area (Å²) < 4.78 is 5.25. The van der Waals surface area contributed by atoms with Crippen LogP contribution in [0.25, 0.3) is 0 Å². The van der Waals surface area contributed by atoms with Gasteiger partial charge in [0.15, 0.2) is 11.1 Å². The number of thiazole rings is 1. The van der Waals surface area contributed by atoms with E-state index in [1.54, 1.807) is 18.4 Å². The van der Waals surface area contributed by atoms with Crippen LogP contribution in [0.4, 0.5) is 5.13 Å². The number of nitrogens with zero attached hydrogens (tertiary/aromatic N) is 5. The Kier molecular flexibility index (Phi) is 8.77. The first kappa shape index (κ1) is 22.7. The van der Waals surface area contributed by atoms with Gasteiger partial charge in [-0.05, 0) is 31.8 Å². The maximum Gasteiger partial charge on any atom is 0.191 e. The van der Waals surface area contributed by atoms with Crippen LogP contribution in [0.2, 0.25) is 0 Å². The summed E-state index contributed by atoms with van der Waals surface area (Å²) in [4.78, 5) is 15.7. The van der Waals surface area contributed by atoms with E-state index in [-0.39, 0.29) is 30.0 Å². The third-order valence-electron chi connectivity index (χ3n) is 4.84. The lowest BCUT2D eigenvalue weighted by Crippen LogP contribution is -2.51. The number of halogens is 1. The second kappa shape index (κ2) is 10.8. The molecule has 2 N–H and O–H groups in total. The van der Waals surface area contributed by atoms with Crippen LogP contribution in [0.1, 0.15) is 11.6 Å². The Hall–Kier alpha value is -1.59. The zero-order chi connectivity index (χ0) is 19.2. The van der Waals surface area contributed by atoms with Crippen molar-refractivity contribution in [2.45, 2.75) is 6.04 Å². The molecule has 154 valence electrons. The van der Waals surface area contributed by atoms with Gasteiger partial charge >= 0.3 is 0 Å². The van der Waals surface area contributed by atoms with Crippen molar-refractivity contribution in [3.8, 4) is 5.75 Å². The molecule has 0 bridgehead atoms. The van der Waals surface area contributed by atoms with Gasteiger partial charge in [-0.3, -0.25) is 4.99 Å². The molecule has 0 spiro atoms. The first-order chi connectivity index (χ1) is 13.1. The second-order valence-electron chi connectivity index (χ2n) is 6.74. The van der Waals surface area contributed by atoms with Crippen LogP contribution in [0.5, 0.6) is 5.75 Å². The van der Waals surface area contributed by atoms with Crippen LogP contribution in [0, 0.1) is 0 Å². The Bertz CT molecular complexity index is 729. The molecule has 0 aliphatic carbocycles. The summed E-state index contributed by atoms with van der Waals surface area (Å²) in [7, 11) is 5.80. The highest BCUT2D eigenvalue weighted by Crippen LogP contribution is 2.22. The van der Waals surface area contributed by atoms with E-state index < -0.39 is 0 Å². The lowest BCUT2D eigenvalue weighted by Gasteiger charge is -2.35. The Morgan fingerprint density at radius 3 is 2.46 bits per heavy atom.